The summed E-state index contributed by atoms with van der Waals surface area (Å²) in [7, 11) is 1.63. The number of aromatic nitrogens is 3. The van der Waals surface area contributed by atoms with Crippen LogP contribution >= 0.6 is 39.3 Å². The Morgan fingerprint density at radius 1 is 1.00 bits per heavy atom. The molecule has 1 aromatic heterocycles. The van der Waals surface area contributed by atoms with Gasteiger partial charge in [0.2, 0.25) is 5.16 Å². The first-order chi connectivity index (χ1) is 17.6. The minimum atomic E-state index is 0.451. The van der Waals surface area contributed by atoms with E-state index >= 15 is 0 Å². The van der Waals surface area contributed by atoms with Crippen LogP contribution in [0.4, 0.5) is 0 Å². The van der Waals surface area contributed by atoms with E-state index in [2.05, 4.69) is 33.1 Å². The Morgan fingerprint density at radius 2 is 1.75 bits per heavy atom. The van der Waals surface area contributed by atoms with Gasteiger partial charge in [0.15, 0.2) is 17.3 Å². The molecule has 0 fully saturated rings. The zero-order valence-corrected chi connectivity index (χ0v) is 23.2. The van der Waals surface area contributed by atoms with Crippen molar-refractivity contribution in [3.63, 3.8) is 0 Å². The largest absolute Gasteiger partial charge is 0.493 e. The predicted octanol–water partition coefficient (Wildman–Crippen LogP) is 7.41. The van der Waals surface area contributed by atoms with Crippen LogP contribution in [0.25, 0.3) is 0 Å². The summed E-state index contributed by atoms with van der Waals surface area (Å²) >= 11 is 11.0. The summed E-state index contributed by atoms with van der Waals surface area (Å²) in [4.78, 5) is 0. The second-order valence-electron chi connectivity index (χ2n) is 7.95. The molecule has 6 nitrogen and oxygen atoms in total. The Labute approximate surface area is 228 Å². The number of hydrogen-bond donors (Lipinski definition) is 0. The summed E-state index contributed by atoms with van der Waals surface area (Å²) < 4.78 is 14.4. The maximum Gasteiger partial charge on any atom is 0.212 e. The number of methoxy groups -OCH3 is 1. The van der Waals surface area contributed by atoms with Crippen LogP contribution in [0.1, 0.15) is 35.9 Å². The summed E-state index contributed by atoms with van der Waals surface area (Å²) in [5, 5.41) is 14.9. The van der Waals surface area contributed by atoms with Crippen LogP contribution in [0.2, 0.25) is 5.02 Å². The molecule has 36 heavy (non-hydrogen) atoms. The van der Waals surface area contributed by atoms with Gasteiger partial charge in [-0.05, 0) is 65.6 Å². The van der Waals surface area contributed by atoms with Gasteiger partial charge in [0.1, 0.15) is 6.61 Å². The summed E-state index contributed by atoms with van der Waals surface area (Å²) in [5.74, 6) is 2.89. The molecule has 0 N–H and O–H groups in total. The van der Waals surface area contributed by atoms with Crippen molar-refractivity contribution in [3.05, 3.63) is 98.7 Å². The lowest BCUT2D eigenvalue weighted by molar-refractivity contribution is 0.284. The van der Waals surface area contributed by atoms with E-state index in [1.54, 1.807) is 25.1 Å². The Hall–Kier alpha value is -2.81. The van der Waals surface area contributed by atoms with Crippen LogP contribution in [-0.2, 0) is 18.8 Å². The van der Waals surface area contributed by atoms with Gasteiger partial charge in [-0.2, -0.15) is 9.78 Å². The van der Waals surface area contributed by atoms with E-state index in [1.807, 2.05) is 71.4 Å². The first-order valence-electron chi connectivity index (χ1n) is 11.5. The fourth-order valence-electron chi connectivity index (χ4n) is 3.36. The molecule has 0 spiro atoms. The molecule has 0 aliphatic carbocycles. The number of nitrogens with zero attached hydrogens (tertiary/aromatic N) is 4. The molecule has 0 saturated heterocycles. The Morgan fingerprint density at radius 3 is 2.47 bits per heavy atom. The van der Waals surface area contributed by atoms with Crippen LogP contribution in [0.5, 0.6) is 11.5 Å². The molecule has 4 aromatic rings. The molecule has 9 heteroatoms. The van der Waals surface area contributed by atoms with E-state index in [-0.39, 0.29) is 0 Å². The number of hydrogen-bond acceptors (Lipinski definition) is 6. The quantitative estimate of drug-likeness (QED) is 0.135. The minimum absolute atomic E-state index is 0.451. The van der Waals surface area contributed by atoms with Gasteiger partial charge in [-0.3, -0.25) is 0 Å². The topological polar surface area (TPSA) is 61.5 Å². The van der Waals surface area contributed by atoms with Crippen molar-refractivity contribution in [2.75, 3.05) is 7.11 Å². The molecule has 0 aliphatic heterocycles. The fraction of sp³-hybridized carbons (Fsp3) is 0.222. The lowest BCUT2D eigenvalue weighted by Gasteiger charge is -2.11. The van der Waals surface area contributed by atoms with Gasteiger partial charge in [-0.1, -0.05) is 70.5 Å². The molecule has 4 rings (SSSR count). The summed E-state index contributed by atoms with van der Waals surface area (Å²) in [6, 6.07) is 21.6. The maximum absolute atomic E-state index is 6.00. The van der Waals surface area contributed by atoms with Crippen molar-refractivity contribution < 1.29 is 9.47 Å². The van der Waals surface area contributed by atoms with Crippen LogP contribution < -0.4 is 9.47 Å². The Balaban J connectivity index is 1.48. The minimum Gasteiger partial charge on any atom is -0.493 e. The third-order valence-electron chi connectivity index (χ3n) is 5.25. The Kier molecular flexibility index (Phi) is 9.44. The van der Waals surface area contributed by atoms with Crippen LogP contribution in [0.3, 0.4) is 0 Å². The number of rotatable bonds is 11. The molecule has 0 unspecified atom stereocenters. The first kappa shape index (κ1) is 26.3. The van der Waals surface area contributed by atoms with Crippen molar-refractivity contribution in [2.24, 2.45) is 5.10 Å². The molecule has 0 saturated carbocycles. The zero-order chi connectivity index (χ0) is 25.3. The van der Waals surface area contributed by atoms with Crippen molar-refractivity contribution in [1.82, 2.24) is 14.9 Å². The number of benzene rings is 3. The van der Waals surface area contributed by atoms with Gasteiger partial charge in [-0.25, -0.2) is 0 Å². The van der Waals surface area contributed by atoms with Gasteiger partial charge in [0.25, 0.3) is 0 Å². The van der Waals surface area contributed by atoms with Crippen LogP contribution in [-0.4, -0.2) is 28.2 Å². The lowest BCUT2D eigenvalue weighted by atomic mass is 10.2. The molecule has 186 valence electrons. The van der Waals surface area contributed by atoms with Crippen LogP contribution in [0, 0.1) is 0 Å². The standard InChI is InChI=1S/C27H26BrClN4O2S/c1-3-4-26-31-32-27(36-18-20-7-12-23(29)13-8-20)33(26)30-16-21-9-14-24(25(15-21)34-2)35-17-19-5-10-22(28)11-6-19/h5-16H,3-4,17-18H2,1-2H3/b30-16+. The highest BCUT2D eigenvalue weighted by atomic mass is 79.9. The molecular weight excluding hydrogens is 560 g/mol. The normalized spacial score (nSPS) is 11.2. The van der Waals surface area contributed by atoms with Gasteiger partial charge in [-0.15, -0.1) is 10.2 Å². The summed E-state index contributed by atoms with van der Waals surface area (Å²) in [6.45, 7) is 2.56. The highest BCUT2D eigenvalue weighted by molar-refractivity contribution is 9.10. The highest BCUT2D eigenvalue weighted by Crippen LogP contribution is 2.29. The monoisotopic (exact) mass is 584 g/mol. The fourth-order valence-corrected chi connectivity index (χ4v) is 4.61. The number of aryl methyl sites for hydroxylation is 1. The van der Waals surface area contributed by atoms with Gasteiger partial charge in [0, 0.05) is 21.7 Å². The molecule has 0 atom stereocenters. The second-order valence-corrected chi connectivity index (χ2v) is 10.2. The zero-order valence-electron chi connectivity index (χ0n) is 20.0. The van der Waals surface area contributed by atoms with Crippen molar-refractivity contribution >= 4 is 45.5 Å². The third-order valence-corrected chi connectivity index (χ3v) is 7.02. The SMILES string of the molecule is CCCc1nnc(SCc2ccc(Cl)cc2)n1/N=C/c1ccc(OCc2ccc(Br)cc2)c(OC)c1. The van der Waals surface area contributed by atoms with E-state index < -0.39 is 0 Å². The predicted molar refractivity (Wildman–Crippen MR) is 149 cm³/mol. The average molecular weight is 586 g/mol. The first-order valence-corrected chi connectivity index (χ1v) is 13.6. The van der Waals surface area contributed by atoms with E-state index in [4.69, 9.17) is 26.2 Å². The smallest absolute Gasteiger partial charge is 0.212 e. The lowest BCUT2D eigenvalue weighted by Crippen LogP contribution is -2.01. The molecule has 0 amide bonds. The van der Waals surface area contributed by atoms with E-state index in [0.717, 1.165) is 55.8 Å². The molecule has 3 aromatic carbocycles. The average Bonchev–Trinajstić information content (AvgIpc) is 3.28. The molecule has 1 heterocycles. The van der Waals surface area contributed by atoms with Gasteiger partial charge >= 0.3 is 0 Å². The van der Waals surface area contributed by atoms with E-state index in [1.165, 1.54) is 0 Å². The third kappa shape index (κ3) is 7.12. The number of halogens is 2. The van der Waals surface area contributed by atoms with Crippen molar-refractivity contribution in [3.8, 4) is 11.5 Å². The van der Waals surface area contributed by atoms with Gasteiger partial charge < -0.3 is 9.47 Å². The Bertz CT molecular complexity index is 1310. The molecular formula is C27H26BrClN4O2S. The van der Waals surface area contributed by atoms with E-state index in [0.29, 0.717) is 18.1 Å². The van der Waals surface area contributed by atoms with Crippen LogP contribution in [0.15, 0.2) is 81.5 Å². The highest BCUT2D eigenvalue weighted by Gasteiger charge is 2.12. The van der Waals surface area contributed by atoms with Crippen molar-refractivity contribution in [1.29, 1.82) is 0 Å². The second kappa shape index (κ2) is 12.9. The summed E-state index contributed by atoms with van der Waals surface area (Å²) in [5.41, 5.74) is 3.11. The molecule has 0 bridgehead atoms. The summed E-state index contributed by atoms with van der Waals surface area (Å²) in [6.07, 6.45) is 3.53. The number of ether oxygens (including phenoxy) is 2. The van der Waals surface area contributed by atoms with Crippen molar-refractivity contribution in [2.45, 2.75) is 37.3 Å². The number of thioether (sulfide) groups is 1. The molecule has 0 aliphatic rings. The van der Waals surface area contributed by atoms with E-state index in [9.17, 15) is 0 Å². The molecule has 0 radical (unpaired) electrons. The maximum atomic E-state index is 6.00. The van der Waals surface area contributed by atoms with Gasteiger partial charge in [0.05, 0.1) is 13.3 Å².